The smallest absolute Gasteiger partial charge is 0.341 e. The van der Waals surface area contributed by atoms with Crippen LogP contribution in [0.4, 0.5) is 11.4 Å². The van der Waals surface area contributed by atoms with Gasteiger partial charge in [-0.25, -0.2) is 4.79 Å². The standard InChI is InChI=1S/C20H19N3O6/c1-12(19(24)21-16-10-13(23(26)27)8-9-18(16)28-3)29-20(25)15-11-22(2)17-7-5-4-6-14(15)17/h4-12H,1-3H3,(H,21,24)/t12-/m0/s1. The number of para-hydroxylation sites is 1. The maximum atomic E-state index is 12.6. The number of aryl methyl sites for hydroxylation is 1. The number of hydrogen-bond donors (Lipinski definition) is 1. The second-order valence-corrected chi connectivity index (χ2v) is 6.35. The summed E-state index contributed by atoms with van der Waals surface area (Å²) in [5, 5.41) is 14.2. The number of rotatable bonds is 6. The average Bonchev–Trinajstić information content (AvgIpc) is 3.05. The molecule has 3 rings (SSSR count). The van der Waals surface area contributed by atoms with Crippen molar-refractivity contribution in [2.45, 2.75) is 13.0 Å². The second-order valence-electron chi connectivity index (χ2n) is 6.35. The Morgan fingerprint density at radius 2 is 1.93 bits per heavy atom. The predicted molar refractivity (Wildman–Crippen MR) is 106 cm³/mol. The van der Waals surface area contributed by atoms with E-state index in [0.29, 0.717) is 10.9 Å². The van der Waals surface area contributed by atoms with Gasteiger partial charge in [-0.3, -0.25) is 14.9 Å². The third-order valence-electron chi connectivity index (χ3n) is 4.42. The van der Waals surface area contributed by atoms with E-state index in [1.165, 1.54) is 32.2 Å². The van der Waals surface area contributed by atoms with Crippen LogP contribution < -0.4 is 10.1 Å². The highest BCUT2D eigenvalue weighted by Gasteiger charge is 2.23. The lowest BCUT2D eigenvalue weighted by atomic mass is 10.2. The first kappa shape index (κ1) is 19.9. The highest BCUT2D eigenvalue weighted by molar-refractivity contribution is 6.05. The number of nitrogens with one attached hydrogen (secondary N) is 1. The minimum absolute atomic E-state index is 0.111. The van der Waals surface area contributed by atoms with Gasteiger partial charge in [-0.2, -0.15) is 0 Å². The number of carbonyl (C=O) groups is 2. The van der Waals surface area contributed by atoms with E-state index in [1.54, 1.807) is 16.8 Å². The Hall–Kier alpha value is -3.88. The van der Waals surface area contributed by atoms with Crippen molar-refractivity contribution in [2.24, 2.45) is 7.05 Å². The fourth-order valence-electron chi connectivity index (χ4n) is 2.92. The summed E-state index contributed by atoms with van der Waals surface area (Å²) in [7, 11) is 3.19. The van der Waals surface area contributed by atoms with Crippen LogP contribution in [0.3, 0.4) is 0 Å². The Kier molecular flexibility index (Phi) is 5.49. The zero-order valence-corrected chi connectivity index (χ0v) is 16.0. The number of benzene rings is 2. The number of non-ortho nitro benzene ring substituents is 1. The summed E-state index contributed by atoms with van der Waals surface area (Å²) in [5.74, 6) is -1.04. The van der Waals surface area contributed by atoms with Gasteiger partial charge < -0.3 is 19.4 Å². The number of aromatic nitrogens is 1. The predicted octanol–water partition coefficient (Wildman–Crippen LogP) is 3.28. The molecule has 0 bridgehead atoms. The first-order valence-electron chi connectivity index (χ1n) is 8.70. The lowest BCUT2D eigenvalue weighted by Gasteiger charge is -2.15. The number of nitrogens with zero attached hydrogens (tertiary/aromatic N) is 2. The van der Waals surface area contributed by atoms with E-state index in [4.69, 9.17) is 9.47 Å². The quantitative estimate of drug-likeness (QED) is 0.388. The fraction of sp³-hybridized carbons (Fsp3) is 0.200. The maximum absolute atomic E-state index is 12.6. The molecule has 1 atom stereocenters. The van der Waals surface area contributed by atoms with Crippen LogP contribution in [0.25, 0.3) is 10.9 Å². The Balaban J connectivity index is 1.76. The molecule has 3 aromatic rings. The van der Waals surface area contributed by atoms with Crippen LogP contribution >= 0.6 is 0 Å². The number of nitro benzene ring substituents is 1. The van der Waals surface area contributed by atoms with Crippen LogP contribution in [0.15, 0.2) is 48.7 Å². The van der Waals surface area contributed by atoms with Crippen LogP contribution in [-0.2, 0) is 16.6 Å². The number of carbonyl (C=O) groups excluding carboxylic acids is 2. The molecule has 0 unspecified atom stereocenters. The molecule has 0 saturated heterocycles. The highest BCUT2D eigenvalue weighted by atomic mass is 16.6. The number of nitro groups is 1. The molecule has 0 radical (unpaired) electrons. The molecule has 0 aliphatic carbocycles. The number of amides is 1. The number of ether oxygens (including phenoxy) is 2. The largest absolute Gasteiger partial charge is 0.495 e. The molecule has 1 heterocycles. The SMILES string of the molecule is COc1ccc([N+](=O)[O-])cc1NC(=O)[C@H](C)OC(=O)c1cn(C)c2ccccc12. The van der Waals surface area contributed by atoms with Gasteiger partial charge in [0.1, 0.15) is 5.75 Å². The van der Waals surface area contributed by atoms with E-state index in [2.05, 4.69) is 5.32 Å². The molecule has 9 heteroatoms. The molecule has 29 heavy (non-hydrogen) atoms. The molecule has 9 nitrogen and oxygen atoms in total. The average molecular weight is 397 g/mol. The van der Waals surface area contributed by atoms with Gasteiger partial charge >= 0.3 is 5.97 Å². The van der Waals surface area contributed by atoms with Crippen molar-refractivity contribution < 1.29 is 24.0 Å². The van der Waals surface area contributed by atoms with Gasteiger partial charge in [0.25, 0.3) is 11.6 Å². The van der Waals surface area contributed by atoms with E-state index in [1.807, 2.05) is 25.2 Å². The Bertz CT molecular complexity index is 1100. The molecular formula is C20H19N3O6. The maximum Gasteiger partial charge on any atom is 0.341 e. The number of fused-ring (bicyclic) bond motifs is 1. The zero-order chi connectivity index (χ0) is 21.1. The molecule has 1 aromatic heterocycles. The summed E-state index contributed by atoms with van der Waals surface area (Å²) in [5.41, 5.74) is 1.11. The van der Waals surface area contributed by atoms with Crippen LogP contribution in [0.5, 0.6) is 5.75 Å². The fourth-order valence-corrected chi connectivity index (χ4v) is 2.92. The number of hydrogen-bond acceptors (Lipinski definition) is 6. The molecule has 1 amide bonds. The number of esters is 1. The molecule has 1 N–H and O–H groups in total. The summed E-state index contributed by atoms with van der Waals surface area (Å²) in [4.78, 5) is 35.4. The Morgan fingerprint density at radius 1 is 1.21 bits per heavy atom. The van der Waals surface area contributed by atoms with Gasteiger partial charge in [-0.05, 0) is 19.1 Å². The molecule has 0 aliphatic heterocycles. The van der Waals surface area contributed by atoms with Gasteiger partial charge in [0, 0.05) is 36.3 Å². The van der Waals surface area contributed by atoms with Crippen molar-refractivity contribution in [2.75, 3.05) is 12.4 Å². The molecular weight excluding hydrogens is 378 g/mol. The van der Waals surface area contributed by atoms with Gasteiger partial charge in [0.15, 0.2) is 6.10 Å². The highest BCUT2D eigenvalue weighted by Crippen LogP contribution is 2.29. The second kappa shape index (κ2) is 8.01. The summed E-state index contributed by atoms with van der Waals surface area (Å²) in [6.45, 7) is 1.42. The summed E-state index contributed by atoms with van der Waals surface area (Å²) in [6, 6.07) is 11.2. The van der Waals surface area contributed by atoms with Crippen molar-refractivity contribution in [3.63, 3.8) is 0 Å². The third kappa shape index (κ3) is 4.03. The van der Waals surface area contributed by atoms with Crippen LogP contribution in [0, 0.1) is 10.1 Å². The van der Waals surface area contributed by atoms with Crippen molar-refractivity contribution in [3.8, 4) is 5.75 Å². The van der Waals surface area contributed by atoms with Crippen molar-refractivity contribution in [1.29, 1.82) is 0 Å². The van der Waals surface area contributed by atoms with E-state index in [0.717, 1.165) is 5.52 Å². The number of anilines is 1. The van der Waals surface area contributed by atoms with Gasteiger partial charge in [0.05, 0.1) is 23.3 Å². The minimum atomic E-state index is -1.13. The van der Waals surface area contributed by atoms with E-state index in [-0.39, 0.29) is 17.1 Å². The minimum Gasteiger partial charge on any atom is -0.495 e. The van der Waals surface area contributed by atoms with Crippen molar-refractivity contribution in [1.82, 2.24) is 4.57 Å². The van der Waals surface area contributed by atoms with E-state index < -0.39 is 22.9 Å². The van der Waals surface area contributed by atoms with Crippen LogP contribution in [0.2, 0.25) is 0 Å². The van der Waals surface area contributed by atoms with Crippen LogP contribution in [-0.4, -0.2) is 34.6 Å². The zero-order valence-electron chi connectivity index (χ0n) is 16.0. The van der Waals surface area contributed by atoms with Crippen LogP contribution in [0.1, 0.15) is 17.3 Å². The topological polar surface area (TPSA) is 113 Å². The lowest BCUT2D eigenvalue weighted by Crippen LogP contribution is -2.30. The summed E-state index contributed by atoms with van der Waals surface area (Å²) >= 11 is 0. The molecule has 0 spiro atoms. The van der Waals surface area contributed by atoms with Crippen molar-refractivity contribution in [3.05, 3.63) is 64.3 Å². The van der Waals surface area contributed by atoms with Gasteiger partial charge in [-0.1, -0.05) is 18.2 Å². The lowest BCUT2D eigenvalue weighted by molar-refractivity contribution is -0.384. The summed E-state index contributed by atoms with van der Waals surface area (Å²) in [6.07, 6.45) is 0.506. The Morgan fingerprint density at radius 3 is 2.62 bits per heavy atom. The van der Waals surface area contributed by atoms with Gasteiger partial charge in [0.2, 0.25) is 0 Å². The summed E-state index contributed by atoms with van der Waals surface area (Å²) < 4.78 is 12.2. The first-order chi connectivity index (χ1) is 13.8. The molecule has 150 valence electrons. The Labute approximate surface area is 166 Å². The molecule has 0 fully saturated rings. The monoisotopic (exact) mass is 397 g/mol. The molecule has 2 aromatic carbocycles. The van der Waals surface area contributed by atoms with Crippen molar-refractivity contribution >= 4 is 34.2 Å². The molecule has 0 aliphatic rings. The van der Waals surface area contributed by atoms with E-state index >= 15 is 0 Å². The van der Waals surface area contributed by atoms with E-state index in [9.17, 15) is 19.7 Å². The van der Waals surface area contributed by atoms with Gasteiger partial charge in [-0.15, -0.1) is 0 Å². The first-order valence-corrected chi connectivity index (χ1v) is 8.70. The normalized spacial score (nSPS) is 11.7. The third-order valence-corrected chi connectivity index (χ3v) is 4.42. The number of methoxy groups -OCH3 is 1. The molecule has 0 saturated carbocycles.